The summed E-state index contributed by atoms with van der Waals surface area (Å²) in [5.74, 6) is -0.188. The fourth-order valence-electron chi connectivity index (χ4n) is 4.89. The molecule has 0 radical (unpaired) electrons. The lowest BCUT2D eigenvalue weighted by Crippen LogP contribution is -2.25. The van der Waals surface area contributed by atoms with Gasteiger partial charge in [-0.15, -0.1) is 0 Å². The van der Waals surface area contributed by atoms with E-state index in [2.05, 4.69) is 12.0 Å². The van der Waals surface area contributed by atoms with Gasteiger partial charge in [-0.3, -0.25) is 4.79 Å². The first-order chi connectivity index (χ1) is 18.9. The highest BCUT2D eigenvalue weighted by Gasteiger charge is 2.32. The maximum absolute atomic E-state index is 13.1. The Morgan fingerprint density at radius 1 is 0.795 bits per heavy atom. The fourth-order valence-corrected chi connectivity index (χ4v) is 5.36. The van der Waals surface area contributed by atoms with Crippen LogP contribution in [-0.2, 0) is 14.9 Å². The number of para-hydroxylation sites is 1. The third-order valence-corrected chi connectivity index (χ3v) is 8.04. The maximum Gasteiger partial charge on any atom is 0.260 e. The quantitative estimate of drug-likeness (QED) is 0.131. The summed E-state index contributed by atoms with van der Waals surface area (Å²) in [4.78, 5) is 12.8. The van der Waals surface area contributed by atoms with E-state index in [4.69, 9.17) is 4.74 Å². The van der Waals surface area contributed by atoms with Gasteiger partial charge in [0.05, 0.1) is 17.2 Å². The molecule has 2 aromatic rings. The van der Waals surface area contributed by atoms with Crippen LogP contribution in [0.25, 0.3) is 0 Å². The minimum Gasteiger partial charge on any atom is -0.744 e. The largest absolute Gasteiger partial charge is 0.744 e. The van der Waals surface area contributed by atoms with Crippen LogP contribution in [0.5, 0.6) is 5.75 Å². The van der Waals surface area contributed by atoms with Gasteiger partial charge in [-0.05, 0) is 36.8 Å². The number of anilines is 1. The minimum absolute atomic E-state index is 0.264. The van der Waals surface area contributed by atoms with Gasteiger partial charge in [-0.2, -0.15) is 5.10 Å². The summed E-state index contributed by atoms with van der Waals surface area (Å²) in [7, 11) is -4.55. The summed E-state index contributed by atoms with van der Waals surface area (Å²) in [6, 6.07) is 12.7. The molecule has 7 nitrogen and oxygen atoms in total. The Morgan fingerprint density at radius 2 is 1.33 bits per heavy atom. The molecule has 8 heteroatoms. The van der Waals surface area contributed by atoms with Crippen LogP contribution in [-0.4, -0.2) is 31.7 Å². The van der Waals surface area contributed by atoms with Gasteiger partial charge in [0, 0.05) is 11.8 Å². The highest BCUT2D eigenvalue weighted by molar-refractivity contribution is 7.85. The Labute approximate surface area is 234 Å². The molecule has 3 rings (SSSR count). The normalized spacial score (nSPS) is 15.3. The number of hydrogen-bond donors (Lipinski definition) is 0. The van der Waals surface area contributed by atoms with Crippen molar-refractivity contribution >= 4 is 27.9 Å². The standard InChI is InChI=1S/C31H44N2O5S/c1-2-3-4-5-6-7-8-9-10-11-12-13-14-17-24-38-30-19-16-15-18-28(30)29-25-32-33(31(29)34)26-20-22-27(23-21-26)39(35,36)37/h15-16,18-23,25,29H,2-14,17,24H2,1H3,(H,35,36,37)/p-1. The van der Waals surface area contributed by atoms with Crippen molar-refractivity contribution in [2.75, 3.05) is 11.6 Å². The molecule has 0 N–H and O–H groups in total. The third kappa shape index (κ3) is 10.1. The Morgan fingerprint density at radius 3 is 1.90 bits per heavy atom. The minimum atomic E-state index is -4.55. The summed E-state index contributed by atoms with van der Waals surface area (Å²) in [6.07, 6.45) is 19.8. The number of rotatable bonds is 19. The lowest BCUT2D eigenvalue weighted by atomic mass is 9.99. The molecule has 1 amide bonds. The molecule has 0 saturated carbocycles. The van der Waals surface area contributed by atoms with E-state index in [0.717, 1.165) is 18.4 Å². The number of hydrazone groups is 1. The van der Waals surface area contributed by atoms with E-state index in [9.17, 15) is 17.8 Å². The first-order valence-electron chi connectivity index (χ1n) is 14.6. The smallest absolute Gasteiger partial charge is 0.260 e. The summed E-state index contributed by atoms with van der Waals surface area (Å²) in [5, 5.41) is 5.45. The Kier molecular flexibility index (Phi) is 13.0. The fraction of sp³-hybridized carbons (Fsp3) is 0.548. The molecule has 1 unspecified atom stereocenters. The van der Waals surface area contributed by atoms with Crippen molar-refractivity contribution < 1.29 is 22.5 Å². The van der Waals surface area contributed by atoms with Gasteiger partial charge in [0.1, 0.15) is 21.8 Å². The zero-order valence-electron chi connectivity index (χ0n) is 23.2. The van der Waals surface area contributed by atoms with Crippen molar-refractivity contribution in [2.24, 2.45) is 5.10 Å². The number of benzene rings is 2. The second-order valence-corrected chi connectivity index (χ2v) is 11.7. The molecule has 0 spiro atoms. The molecule has 0 saturated heterocycles. The first kappa shape index (κ1) is 30.8. The van der Waals surface area contributed by atoms with Gasteiger partial charge in [0.2, 0.25) is 0 Å². The molecule has 0 bridgehead atoms. The average molecular weight is 556 g/mol. The van der Waals surface area contributed by atoms with E-state index in [1.807, 2.05) is 24.3 Å². The second kappa shape index (κ2) is 16.4. The van der Waals surface area contributed by atoms with Gasteiger partial charge in [-0.1, -0.05) is 109 Å². The molecule has 1 heterocycles. The van der Waals surface area contributed by atoms with Crippen molar-refractivity contribution in [3.63, 3.8) is 0 Å². The number of ether oxygens (including phenoxy) is 1. The van der Waals surface area contributed by atoms with Crippen LogP contribution < -0.4 is 9.75 Å². The van der Waals surface area contributed by atoms with E-state index in [-0.39, 0.29) is 10.8 Å². The summed E-state index contributed by atoms with van der Waals surface area (Å²) in [6.45, 7) is 2.86. The summed E-state index contributed by atoms with van der Waals surface area (Å²) in [5.41, 5.74) is 1.14. The highest BCUT2D eigenvalue weighted by atomic mass is 32.2. The van der Waals surface area contributed by atoms with Gasteiger partial charge in [0.15, 0.2) is 0 Å². The van der Waals surface area contributed by atoms with E-state index >= 15 is 0 Å². The number of hydrogen-bond acceptors (Lipinski definition) is 6. The number of unbranched alkanes of at least 4 members (excludes halogenated alkanes) is 13. The molecule has 2 aromatic carbocycles. The number of carbonyl (C=O) groups is 1. The second-order valence-electron chi connectivity index (χ2n) is 10.3. The van der Waals surface area contributed by atoms with Crippen LogP contribution in [0.2, 0.25) is 0 Å². The van der Waals surface area contributed by atoms with E-state index in [0.29, 0.717) is 18.0 Å². The molecule has 39 heavy (non-hydrogen) atoms. The molecule has 0 aromatic heterocycles. The number of amides is 1. The Balaban J connectivity index is 1.34. The third-order valence-electron chi connectivity index (χ3n) is 7.19. The van der Waals surface area contributed by atoms with Gasteiger partial charge in [0.25, 0.3) is 5.91 Å². The molecule has 0 aliphatic carbocycles. The van der Waals surface area contributed by atoms with Crippen molar-refractivity contribution in [3.8, 4) is 5.75 Å². The van der Waals surface area contributed by atoms with Gasteiger partial charge < -0.3 is 9.29 Å². The van der Waals surface area contributed by atoms with Crippen molar-refractivity contribution in [3.05, 3.63) is 54.1 Å². The molecular weight excluding hydrogens is 512 g/mol. The highest BCUT2D eigenvalue weighted by Crippen LogP contribution is 2.32. The number of nitrogens with zero attached hydrogens (tertiary/aromatic N) is 2. The average Bonchev–Trinajstić information content (AvgIpc) is 3.31. The predicted octanol–water partition coefficient (Wildman–Crippen LogP) is 7.57. The molecular formula is C31H43N2O5S-. The zero-order chi connectivity index (χ0) is 27.9. The molecule has 1 atom stereocenters. The maximum atomic E-state index is 13.1. The van der Waals surface area contributed by atoms with Crippen LogP contribution in [0.1, 0.15) is 108 Å². The number of carbonyl (C=O) groups excluding carboxylic acids is 1. The van der Waals surface area contributed by atoms with Crippen molar-refractivity contribution in [1.82, 2.24) is 0 Å². The van der Waals surface area contributed by atoms with Crippen LogP contribution in [0.4, 0.5) is 5.69 Å². The lowest BCUT2D eigenvalue weighted by molar-refractivity contribution is -0.118. The first-order valence-corrected chi connectivity index (χ1v) is 16.0. The SMILES string of the molecule is CCCCCCCCCCCCCCCCOc1ccccc1C1C=NN(c2ccc(S(=O)(=O)[O-])cc2)C1=O. The van der Waals surface area contributed by atoms with Crippen LogP contribution in [0.3, 0.4) is 0 Å². The van der Waals surface area contributed by atoms with Crippen LogP contribution in [0.15, 0.2) is 58.5 Å². The van der Waals surface area contributed by atoms with E-state index in [1.54, 1.807) is 6.21 Å². The topological polar surface area (TPSA) is 99.1 Å². The lowest BCUT2D eigenvalue weighted by Gasteiger charge is -2.17. The monoisotopic (exact) mass is 555 g/mol. The van der Waals surface area contributed by atoms with Crippen molar-refractivity contribution in [1.29, 1.82) is 0 Å². The Hall–Kier alpha value is -2.71. The predicted molar refractivity (Wildman–Crippen MR) is 155 cm³/mol. The van der Waals surface area contributed by atoms with Gasteiger partial charge >= 0.3 is 0 Å². The Bertz CT molecular complexity index is 1150. The van der Waals surface area contributed by atoms with Crippen LogP contribution >= 0.6 is 0 Å². The molecule has 214 valence electrons. The molecule has 1 aliphatic rings. The molecule has 1 aliphatic heterocycles. The van der Waals surface area contributed by atoms with Crippen molar-refractivity contribution in [2.45, 2.75) is 108 Å². The summed E-state index contributed by atoms with van der Waals surface area (Å²) >= 11 is 0. The zero-order valence-corrected chi connectivity index (χ0v) is 24.0. The van der Waals surface area contributed by atoms with Gasteiger partial charge in [-0.25, -0.2) is 13.4 Å². The summed E-state index contributed by atoms with van der Waals surface area (Å²) < 4.78 is 39.6. The van der Waals surface area contributed by atoms with E-state index < -0.39 is 16.0 Å². The molecule has 0 fully saturated rings. The van der Waals surface area contributed by atoms with E-state index in [1.165, 1.54) is 106 Å². The van der Waals surface area contributed by atoms with Crippen LogP contribution in [0, 0.1) is 0 Å².